The number of amides is 2. The summed E-state index contributed by atoms with van der Waals surface area (Å²) in [5.41, 5.74) is 0. The van der Waals surface area contributed by atoms with Crippen molar-refractivity contribution in [2.75, 3.05) is 0 Å². The zero-order valence-corrected chi connectivity index (χ0v) is 5.53. The lowest BCUT2D eigenvalue weighted by atomic mass is 10.4. The molecule has 0 unspecified atom stereocenters. The van der Waals surface area contributed by atoms with Gasteiger partial charge in [0.15, 0.2) is 0 Å². The molecule has 0 aromatic rings. The average Bonchev–Trinajstić information content (AvgIpc) is 2.13. The van der Waals surface area contributed by atoms with E-state index in [4.69, 9.17) is 15.0 Å². The second-order valence-electron chi connectivity index (χ2n) is 1.75. The van der Waals surface area contributed by atoms with E-state index in [1.54, 1.807) is 0 Å². The maximum Gasteiger partial charge on any atom is 0.503 e. The van der Waals surface area contributed by atoms with Crippen molar-refractivity contribution in [3.63, 3.8) is 0 Å². The minimum atomic E-state index is -1.83. The van der Waals surface area contributed by atoms with E-state index < -0.39 is 6.16 Å². The summed E-state index contributed by atoms with van der Waals surface area (Å²) in [5, 5.41) is 16.1. The molecule has 1 rings (SSSR count). The maximum atomic E-state index is 10.1. The fourth-order valence-electron chi connectivity index (χ4n) is 0.508. The third-order valence-electron chi connectivity index (χ3n) is 0.858. The van der Waals surface area contributed by atoms with Gasteiger partial charge in [-0.2, -0.15) is 0 Å². The van der Waals surface area contributed by atoms with Crippen LogP contribution >= 0.6 is 0 Å². The van der Waals surface area contributed by atoms with Crippen molar-refractivity contribution in [2.45, 2.75) is 12.8 Å². The first kappa shape index (κ1) is 9.41. The molecule has 1 aliphatic rings. The molecule has 0 radical (unpaired) electrons. The smallest absolute Gasteiger partial charge is 0.450 e. The van der Waals surface area contributed by atoms with Gasteiger partial charge in [-0.05, 0) is 0 Å². The van der Waals surface area contributed by atoms with Crippen LogP contribution in [0.1, 0.15) is 12.8 Å². The first-order valence-electron chi connectivity index (χ1n) is 2.77. The Balaban J connectivity index is 0.000000218. The predicted octanol–water partition coefficient (Wildman–Crippen LogP) is -0.355. The molecule has 0 aromatic carbocycles. The SMILES string of the molecule is O=C(O)O.O=C1CCC(=O)N1. The van der Waals surface area contributed by atoms with Crippen LogP contribution in [-0.2, 0) is 9.59 Å². The third-order valence-corrected chi connectivity index (χ3v) is 0.858. The third kappa shape index (κ3) is 6.29. The van der Waals surface area contributed by atoms with E-state index in [1.165, 1.54) is 0 Å². The zero-order chi connectivity index (χ0) is 8.85. The lowest BCUT2D eigenvalue weighted by Gasteiger charge is -1.79. The zero-order valence-electron chi connectivity index (χ0n) is 5.53. The van der Waals surface area contributed by atoms with Gasteiger partial charge < -0.3 is 10.2 Å². The molecule has 0 spiro atoms. The van der Waals surface area contributed by atoms with Gasteiger partial charge in [-0.15, -0.1) is 0 Å². The van der Waals surface area contributed by atoms with E-state index in [1.807, 2.05) is 0 Å². The monoisotopic (exact) mass is 161 g/mol. The van der Waals surface area contributed by atoms with Crippen LogP contribution < -0.4 is 5.32 Å². The highest BCUT2D eigenvalue weighted by atomic mass is 16.6. The van der Waals surface area contributed by atoms with Crippen LogP contribution in [0.15, 0.2) is 0 Å². The van der Waals surface area contributed by atoms with Crippen LogP contribution in [0, 0.1) is 0 Å². The normalized spacial score (nSPS) is 14.9. The molecule has 1 heterocycles. The van der Waals surface area contributed by atoms with E-state index in [0.717, 1.165) is 0 Å². The molecule has 62 valence electrons. The highest BCUT2D eigenvalue weighted by Crippen LogP contribution is 1.95. The first-order chi connectivity index (χ1) is 5.02. The molecular formula is C5H7NO5. The summed E-state index contributed by atoms with van der Waals surface area (Å²) in [7, 11) is 0. The Hall–Kier alpha value is -1.59. The van der Waals surface area contributed by atoms with Crippen molar-refractivity contribution in [1.29, 1.82) is 0 Å². The Morgan fingerprint density at radius 3 is 1.55 bits per heavy atom. The molecular weight excluding hydrogens is 154 g/mol. The number of nitrogens with one attached hydrogen (secondary N) is 1. The fourth-order valence-corrected chi connectivity index (χ4v) is 0.508. The standard InChI is InChI=1S/C4H5NO2.CH2O3/c6-3-1-2-4(7)5-3;2-1(3)4/h1-2H2,(H,5,6,7);(H2,2,3,4). The van der Waals surface area contributed by atoms with Gasteiger partial charge in [-0.1, -0.05) is 0 Å². The summed E-state index contributed by atoms with van der Waals surface area (Å²) in [6.45, 7) is 0. The number of carbonyl (C=O) groups is 3. The molecule has 0 bridgehead atoms. The van der Waals surface area contributed by atoms with Gasteiger partial charge in [0, 0.05) is 12.8 Å². The minimum absolute atomic E-state index is 0.148. The Bertz CT molecular complexity index is 169. The number of carbonyl (C=O) groups excluding carboxylic acids is 2. The molecule has 6 heteroatoms. The Labute approximate surface area is 61.8 Å². The molecule has 6 nitrogen and oxygen atoms in total. The molecule has 11 heavy (non-hydrogen) atoms. The Kier molecular flexibility index (Phi) is 3.65. The summed E-state index contributed by atoms with van der Waals surface area (Å²) >= 11 is 0. The molecule has 1 saturated heterocycles. The van der Waals surface area contributed by atoms with Gasteiger partial charge in [0.1, 0.15) is 0 Å². The van der Waals surface area contributed by atoms with Crippen molar-refractivity contribution >= 4 is 18.0 Å². The Morgan fingerprint density at radius 2 is 1.45 bits per heavy atom. The number of imide groups is 1. The van der Waals surface area contributed by atoms with Gasteiger partial charge in [0.25, 0.3) is 0 Å². The van der Waals surface area contributed by atoms with E-state index in [-0.39, 0.29) is 11.8 Å². The topological polar surface area (TPSA) is 104 Å². The van der Waals surface area contributed by atoms with E-state index in [0.29, 0.717) is 12.8 Å². The number of hydrogen-bond donors (Lipinski definition) is 3. The molecule has 0 atom stereocenters. The average molecular weight is 161 g/mol. The second-order valence-corrected chi connectivity index (χ2v) is 1.75. The molecule has 0 aromatic heterocycles. The lowest BCUT2D eigenvalue weighted by molar-refractivity contribution is -0.124. The van der Waals surface area contributed by atoms with Gasteiger partial charge in [0.2, 0.25) is 11.8 Å². The van der Waals surface area contributed by atoms with Crippen molar-refractivity contribution in [3.05, 3.63) is 0 Å². The largest absolute Gasteiger partial charge is 0.503 e. The molecule has 3 N–H and O–H groups in total. The van der Waals surface area contributed by atoms with Crippen LogP contribution in [0.4, 0.5) is 4.79 Å². The van der Waals surface area contributed by atoms with Gasteiger partial charge in [-0.25, -0.2) is 4.79 Å². The molecule has 2 amide bonds. The number of hydrogen-bond acceptors (Lipinski definition) is 3. The minimum Gasteiger partial charge on any atom is -0.450 e. The maximum absolute atomic E-state index is 10.1. The van der Waals surface area contributed by atoms with Crippen LogP contribution in [0.3, 0.4) is 0 Å². The van der Waals surface area contributed by atoms with Crippen molar-refractivity contribution < 1.29 is 24.6 Å². The summed E-state index contributed by atoms with van der Waals surface area (Å²) in [6.07, 6.45) is -1.09. The Morgan fingerprint density at radius 1 is 1.18 bits per heavy atom. The van der Waals surface area contributed by atoms with E-state index in [9.17, 15) is 9.59 Å². The van der Waals surface area contributed by atoms with Gasteiger partial charge in [0.05, 0.1) is 0 Å². The quantitative estimate of drug-likeness (QED) is 0.421. The molecule has 1 aliphatic heterocycles. The van der Waals surface area contributed by atoms with Gasteiger partial charge >= 0.3 is 6.16 Å². The van der Waals surface area contributed by atoms with Crippen molar-refractivity contribution in [2.24, 2.45) is 0 Å². The fraction of sp³-hybridized carbons (Fsp3) is 0.400. The van der Waals surface area contributed by atoms with Crippen LogP contribution in [0.2, 0.25) is 0 Å². The summed E-state index contributed by atoms with van der Waals surface area (Å²) in [4.78, 5) is 28.8. The first-order valence-corrected chi connectivity index (χ1v) is 2.77. The molecule has 1 fully saturated rings. The number of carboxylic acid groups (broad SMARTS) is 2. The highest BCUT2D eigenvalue weighted by molar-refractivity contribution is 6.01. The predicted molar refractivity (Wildman–Crippen MR) is 33.0 cm³/mol. The second kappa shape index (κ2) is 4.26. The van der Waals surface area contributed by atoms with Crippen LogP contribution in [0.5, 0.6) is 0 Å². The summed E-state index contributed by atoms with van der Waals surface area (Å²) in [6, 6.07) is 0. The van der Waals surface area contributed by atoms with Crippen LogP contribution in [-0.4, -0.2) is 28.2 Å². The van der Waals surface area contributed by atoms with E-state index in [2.05, 4.69) is 5.32 Å². The van der Waals surface area contributed by atoms with Crippen molar-refractivity contribution in [3.8, 4) is 0 Å². The lowest BCUT2D eigenvalue weighted by Crippen LogP contribution is -2.18. The molecule has 0 aliphatic carbocycles. The van der Waals surface area contributed by atoms with Crippen LogP contribution in [0.25, 0.3) is 0 Å². The summed E-state index contributed by atoms with van der Waals surface area (Å²) < 4.78 is 0. The summed E-state index contributed by atoms with van der Waals surface area (Å²) in [5.74, 6) is -0.296. The highest BCUT2D eigenvalue weighted by Gasteiger charge is 2.15. The number of rotatable bonds is 0. The van der Waals surface area contributed by atoms with Crippen molar-refractivity contribution in [1.82, 2.24) is 5.32 Å². The molecule has 0 saturated carbocycles. The van der Waals surface area contributed by atoms with E-state index >= 15 is 0 Å². The van der Waals surface area contributed by atoms with Gasteiger partial charge in [-0.3, -0.25) is 14.9 Å².